The fraction of sp³-hybridized carbons (Fsp3) is 0.867. The van der Waals surface area contributed by atoms with Crippen LogP contribution < -0.4 is 5.32 Å². The lowest BCUT2D eigenvalue weighted by atomic mass is 10.0. The first-order valence-electron chi connectivity index (χ1n) is 36.4. The zero-order valence-corrected chi connectivity index (χ0v) is 54.5. The summed E-state index contributed by atoms with van der Waals surface area (Å²) in [4.78, 5) is 24.6. The molecule has 6 nitrogen and oxygen atoms in total. The molecule has 0 aliphatic rings. The molecule has 0 radical (unpaired) electrons. The lowest BCUT2D eigenvalue weighted by molar-refractivity contribution is -0.143. The lowest BCUT2D eigenvalue weighted by Gasteiger charge is -2.22. The number of ether oxygens (including phenoxy) is 1. The van der Waals surface area contributed by atoms with Crippen LogP contribution in [0.1, 0.15) is 393 Å². The van der Waals surface area contributed by atoms with Gasteiger partial charge in [-0.3, -0.25) is 9.59 Å². The minimum absolute atomic E-state index is 0.00165. The van der Waals surface area contributed by atoms with Crippen molar-refractivity contribution in [2.24, 2.45) is 0 Å². The molecule has 0 heterocycles. The smallest absolute Gasteiger partial charge is 0.305 e. The average Bonchev–Trinajstić information content (AvgIpc) is 3.47. The molecule has 0 aromatic carbocycles. The summed E-state index contributed by atoms with van der Waals surface area (Å²) in [6.07, 6.45) is 91.6. The number of carbonyl (C=O) groups is 2. The largest absolute Gasteiger partial charge is 0.466 e. The van der Waals surface area contributed by atoms with Gasteiger partial charge in [0, 0.05) is 12.8 Å². The molecule has 0 saturated carbocycles. The average molecular weight is 1140 g/mol. The van der Waals surface area contributed by atoms with Crippen molar-refractivity contribution in [1.29, 1.82) is 0 Å². The molecular weight excluding hydrogens is 995 g/mol. The Labute approximate surface area is 506 Å². The maximum absolute atomic E-state index is 12.6. The van der Waals surface area contributed by atoms with Gasteiger partial charge in [-0.1, -0.05) is 339 Å². The van der Waals surface area contributed by atoms with E-state index in [1.807, 2.05) is 0 Å². The first kappa shape index (κ1) is 78.8. The number of rotatable bonds is 68. The summed E-state index contributed by atoms with van der Waals surface area (Å²) in [6, 6.07) is -0.548. The number of hydrogen-bond donors (Lipinski definition) is 3. The van der Waals surface area contributed by atoms with Crippen molar-refractivity contribution in [3.8, 4) is 0 Å². The molecule has 1 amide bonds. The molecule has 6 heteroatoms. The van der Waals surface area contributed by atoms with E-state index < -0.39 is 12.1 Å². The van der Waals surface area contributed by atoms with Gasteiger partial charge >= 0.3 is 5.97 Å². The molecule has 0 rings (SSSR count). The number of aliphatic hydroxyl groups excluding tert-OH is 2. The standard InChI is InChI=1S/C75H141NO5/c1-3-5-7-9-11-13-15-17-19-21-22-23-29-32-36-39-43-47-51-55-59-63-67-73(78)72(71-77)76-74(79)68-64-60-56-52-48-44-40-37-33-30-27-25-24-26-28-31-34-38-42-46-50-54-58-62-66-70-81-75(80)69-65-61-57-53-49-45-41-35-20-18-16-14-12-10-8-6-4-2/h12,14,18,20,25-28,72-73,77-78H,3-11,13,15-17,19,21-24,29-71H2,1-2H3,(H,76,79)/b14-12-,20-18-,27-25-,28-26-. The highest BCUT2D eigenvalue weighted by Gasteiger charge is 2.20. The molecule has 2 atom stereocenters. The summed E-state index contributed by atoms with van der Waals surface area (Å²) in [5, 5.41) is 23.4. The van der Waals surface area contributed by atoms with Crippen LogP contribution in [-0.2, 0) is 14.3 Å². The summed E-state index contributed by atoms with van der Waals surface area (Å²) in [5.41, 5.74) is 0. The van der Waals surface area contributed by atoms with Crippen molar-refractivity contribution in [1.82, 2.24) is 5.32 Å². The van der Waals surface area contributed by atoms with Crippen molar-refractivity contribution in [3.05, 3.63) is 48.6 Å². The first-order valence-corrected chi connectivity index (χ1v) is 36.4. The predicted molar refractivity (Wildman–Crippen MR) is 356 cm³/mol. The monoisotopic (exact) mass is 1140 g/mol. The number of hydrogen-bond acceptors (Lipinski definition) is 5. The van der Waals surface area contributed by atoms with Crippen LogP contribution in [0, 0.1) is 0 Å². The van der Waals surface area contributed by atoms with Crippen molar-refractivity contribution in [2.75, 3.05) is 13.2 Å². The summed E-state index contributed by atoms with van der Waals surface area (Å²) < 4.78 is 5.49. The highest BCUT2D eigenvalue weighted by molar-refractivity contribution is 5.76. The molecule has 0 bridgehead atoms. The molecule has 2 unspecified atom stereocenters. The molecule has 0 aromatic rings. The lowest BCUT2D eigenvalue weighted by Crippen LogP contribution is -2.45. The Morgan fingerprint density at radius 2 is 0.617 bits per heavy atom. The third-order valence-corrected chi connectivity index (χ3v) is 16.9. The number of allylic oxidation sites excluding steroid dienone is 8. The van der Waals surface area contributed by atoms with Gasteiger partial charge in [-0.15, -0.1) is 0 Å². The van der Waals surface area contributed by atoms with Gasteiger partial charge in [0.05, 0.1) is 25.4 Å². The second-order valence-corrected chi connectivity index (χ2v) is 24.9. The molecular formula is C75H141NO5. The first-order chi connectivity index (χ1) is 40.0. The maximum atomic E-state index is 12.6. The van der Waals surface area contributed by atoms with E-state index in [0.717, 1.165) is 57.8 Å². The molecule has 0 aromatic heterocycles. The Morgan fingerprint density at radius 1 is 0.346 bits per heavy atom. The number of unbranched alkanes of at least 4 members (excludes halogenated alkanes) is 49. The number of nitrogens with one attached hydrogen (secondary N) is 1. The van der Waals surface area contributed by atoms with Crippen molar-refractivity contribution in [3.63, 3.8) is 0 Å². The highest BCUT2D eigenvalue weighted by atomic mass is 16.5. The molecule has 81 heavy (non-hydrogen) atoms. The fourth-order valence-electron chi connectivity index (χ4n) is 11.3. The molecule has 0 spiro atoms. The number of esters is 1. The Kier molecular flexibility index (Phi) is 68.4. The van der Waals surface area contributed by atoms with Crippen LogP contribution in [-0.4, -0.2) is 47.4 Å². The third-order valence-electron chi connectivity index (χ3n) is 16.9. The minimum Gasteiger partial charge on any atom is -0.466 e. The molecule has 0 aliphatic heterocycles. The quantitative estimate of drug-likeness (QED) is 0.0320. The van der Waals surface area contributed by atoms with Gasteiger partial charge in [0.2, 0.25) is 5.91 Å². The van der Waals surface area contributed by atoms with E-state index in [2.05, 4.69) is 67.8 Å². The number of amides is 1. The SMILES string of the molecule is CCCCC/C=C\C/C=C\CCCCCCCCCC(=O)OCCCCCCCCCCC/C=C\C/C=C\CCCCCCCCCCCC(=O)NC(CO)C(O)CCCCCCCCCCCCCCCCCCCCCCCC. The van der Waals surface area contributed by atoms with Crippen LogP contribution in [0.4, 0.5) is 0 Å². The van der Waals surface area contributed by atoms with Crippen LogP contribution in [0.15, 0.2) is 48.6 Å². The van der Waals surface area contributed by atoms with E-state index in [1.54, 1.807) is 0 Å². The summed E-state index contributed by atoms with van der Waals surface area (Å²) in [5.74, 6) is -0.0359. The highest BCUT2D eigenvalue weighted by Crippen LogP contribution is 2.19. The molecule has 476 valence electrons. The van der Waals surface area contributed by atoms with Gasteiger partial charge in [-0.2, -0.15) is 0 Å². The number of carbonyl (C=O) groups excluding carboxylic acids is 2. The van der Waals surface area contributed by atoms with Gasteiger partial charge in [0.1, 0.15) is 0 Å². The molecule has 0 aliphatic carbocycles. The summed E-state index contributed by atoms with van der Waals surface area (Å²) in [6.45, 7) is 4.95. The van der Waals surface area contributed by atoms with Crippen LogP contribution in [0.2, 0.25) is 0 Å². The molecule has 3 N–H and O–H groups in total. The van der Waals surface area contributed by atoms with E-state index in [1.165, 1.54) is 302 Å². The topological polar surface area (TPSA) is 95.9 Å². The van der Waals surface area contributed by atoms with Crippen molar-refractivity contribution in [2.45, 2.75) is 405 Å². The van der Waals surface area contributed by atoms with Gasteiger partial charge in [-0.25, -0.2) is 0 Å². The van der Waals surface area contributed by atoms with Crippen LogP contribution >= 0.6 is 0 Å². The second kappa shape index (κ2) is 70.3. The number of aliphatic hydroxyl groups is 2. The van der Waals surface area contributed by atoms with E-state index in [4.69, 9.17) is 4.74 Å². The molecule has 0 fully saturated rings. The maximum Gasteiger partial charge on any atom is 0.305 e. The van der Waals surface area contributed by atoms with Crippen LogP contribution in [0.3, 0.4) is 0 Å². The van der Waals surface area contributed by atoms with Crippen molar-refractivity contribution < 1.29 is 24.5 Å². The van der Waals surface area contributed by atoms with Crippen LogP contribution in [0.25, 0.3) is 0 Å². The Bertz CT molecular complexity index is 1360. The van der Waals surface area contributed by atoms with Crippen molar-refractivity contribution >= 4 is 11.9 Å². The second-order valence-electron chi connectivity index (χ2n) is 24.9. The van der Waals surface area contributed by atoms with Gasteiger partial charge in [-0.05, 0) is 89.9 Å². The van der Waals surface area contributed by atoms with Gasteiger partial charge in [0.25, 0.3) is 0 Å². The normalized spacial score (nSPS) is 12.8. The van der Waals surface area contributed by atoms with E-state index in [0.29, 0.717) is 25.9 Å². The van der Waals surface area contributed by atoms with E-state index in [-0.39, 0.29) is 18.5 Å². The predicted octanol–water partition coefficient (Wildman–Crippen LogP) is 23.6. The zero-order valence-electron chi connectivity index (χ0n) is 54.5. The zero-order chi connectivity index (χ0) is 58.5. The summed E-state index contributed by atoms with van der Waals surface area (Å²) in [7, 11) is 0. The minimum atomic E-state index is -0.671. The van der Waals surface area contributed by atoms with Gasteiger partial charge in [0.15, 0.2) is 0 Å². The van der Waals surface area contributed by atoms with E-state index in [9.17, 15) is 19.8 Å². The Hall–Kier alpha value is -2.18. The summed E-state index contributed by atoms with van der Waals surface area (Å²) >= 11 is 0. The Balaban J connectivity index is 3.43. The third kappa shape index (κ3) is 66.8. The molecule has 0 saturated heterocycles. The van der Waals surface area contributed by atoms with Gasteiger partial charge < -0.3 is 20.3 Å². The van der Waals surface area contributed by atoms with Crippen LogP contribution in [0.5, 0.6) is 0 Å². The fourth-order valence-corrected chi connectivity index (χ4v) is 11.3. The Morgan fingerprint density at radius 3 is 0.963 bits per heavy atom. The van der Waals surface area contributed by atoms with E-state index >= 15 is 0 Å².